The molecule has 2 amide bonds. The lowest BCUT2D eigenvalue weighted by molar-refractivity contribution is -0.132. The molecule has 2 fully saturated rings. The van der Waals surface area contributed by atoms with Crippen LogP contribution in [0.1, 0.15) is 24.0 Å². The van der Waals surface area contributed by atoms with Gasteiger partial charge in [-0.05, 0) is 55.8 Å². The molecule has 34 heavy (non-hydrogen) atoms. The molecule has 0 N–H and O–H groups in total. The molecule has 9 heteroatoms. The number of aliphatic imine (C=N–C) groups is 1. The fraction of sp³-hybridized carbons (Fsp3) is 0.440. The Morgan fingerprint density at radius 2 is 1.91 bits per heavy atom. The van der Waals surface area contributed by atoms with Gasteiger partial charge in [0.1, 0.15) is 5.92 Å². The van der Waals surface area contributed by atoms with Crippen molar-refractivity contribution in [3.63, 3.8) is 0 Å². The van der Waals surface area contributed by atoms with Crippen molar-refractivity contribution in [2.24, 2.45) is 10.9 Å². The largest absolute Gasteiger partial charge is 0.454 e. The molecule has 178 valence electrons. The van der Waals surface area contributed by atoms with Crippen LogP contribution in [0.3, 0.4) is 0 Å². The van der Waals surface area contributed by atoms with Gasteiger partial charge in [-0.25, -0.2) is 4.99 Å². The van der Waals surface area contributed by atoms with Gasteiger partial charge in [0.25, 0.3) is 0 Å². The number of rotatable bonds is 5. The Morgan fingerprint density at radius 1 is 1.15 bits per heavy atom. The average molecular weight is 481 g/mol. The summed E-state index contributed by atoms with van der Waals surface area (Å²) in [5, 5.41) is 0.235. The van der Waals surface area contributed by atoms with E-state index in [9.17, 15) is 9.59 Å². The average Bonchev–Trinajstić information content (AvgIpc) is 3.29. The van der Waals surface area contributed by atoms with Gasteiger partial charge in [-0.3, -0.25) is 14.5 Å². The van der Waals surface area contributed by atoms with E-state index in [-0.39, 0.29) is 23.7 Å². The third-order valence-electron chi connectivity index (χ3n) is 6.69. The number of piperazine rings is 1. The lowest BCUT2D eigenvalue weighted by Crippen LogP contribution is -2.49. The van der Waals surface area contributed by atoms with E-state index in [0.717, 1.165) is 13.1 Å². The molecule has 1 unspecified atom stereocenters. The van der Waals surface area contributed by atoms with Gasteiger partial charge < -0.3 is 19.3 Å². The predicted octanol–water partition coefficient (Wildman–Crippen LogP) is 2.70. The minimum Gasteiger partial charge on any atom is -0.454 e. The van der Waals surface area contributed by atoms with Crippen molar-refractivity contribution in [3.05, 3.63) is 53.0 Å². The Morgan fingerprint density at radius 3 is 2.71 bits per heavy atom. The second-order valence-electron chi connectivity index (χ2n) is 8.99. The Hall–Kier alpha value is -3.20. The minimum atomic E-state index is -0.527. The van der Waals surface area contributed by atoms with Crippen LogP contribution in [-0.4, -0.2) is 72.0 Å². The molecule has 1 aromatic rings. The van der Waals surface area contributed by atoms with Gasteiger partial charge in [-0.1, -0.05) is 12.1 Å². The van der Waals surface area contributed by atoms with Crippen LogP contribution in [0, 0.1) is 19.8 Å². The van der Waals surface area contributed by atoms with E-state index < -0.39 is 5.92 Å². The second-order valence-corrected chi connectivity index (χ2v) is 9.36. The molecular weight excluding hydrogens is 452 g/mol. The Balaban J connectivity index is 1.13. The zero-order chi connectivity index (χ0) is 23.8. The number of ether oxygens (including phenoxy) is 2. The molecule has 3 heterocycles. The van der Waals surface area contributed by atoms with Gasteiger partial charge >= 0.3 is 0 Å². The van der Waals surface area contributed by atoms with Gasteiger partial charge in [0.15, 0.2) is 11.5 Å². The van der Waals surface area contributed by atoms with Crippen molar-refractivity contribution in [1.82, 2.24) is 9.80 Å². The van der Waals surface area contributed by atoms with Crippen molar-refractivity contribution in [3.8, 4) is 0 Å². The molecule has 0 radical (unpaired) electrons. The Kier molecular flexibility index (Phi) is 6.12. The molecule has 4 aliphatic rings. The first kappa shape index (κ1) is 22.6. The topological polar surface area (TPSA) is 74.7 Å². The van der Waals surface area contributed by atoms with Gasteiger partial charge in [0.05, 0.1) is 5.71 Å². The number of thiocarbonyl (C=S) groups is 1. The maximum Gasteiger partial charge on any atom is 0.241 e. The third kappa shape index (κ3) is 4.32. The number of fused-ring (bicyclic) bond motifs is 2. The molecular formula is C25H28N4O4S. The lowest BCUT2D eigenvalue weighted by Gasteiger charge is -2.37. The molecule has 0 saturated carbocycles. The number of amides is 2. The molecule has 0 bridgehead atoms. The molecule has 3 aliphatic heterocycles. The number of carbonyl (C=O) groups is 2. The summed E-state index contributed by atoms with van der Waals surface area (Å²) in [6, 6.07) is 6.48. The fourth-order valence-corrected chi connectivity index (χ4v) is 5.03. The van der Waals surface area contributed by atoms with Gasteiger partial charge in [0.2, 0.25) is 23.7 Å². The number of aryl methyl sites for hydroxylation is 2. The van der Waals surface area contributed by atoms with E-state index in [1.54, 1.807) is 12.2 Å². The van der Waals surface area contributed by atoms with E-state index in [4.69, 9.17) is 21.7 Å². The van der Waals surface area contributed by atoms with Gasteiger partial charge in [-0.15, -0.1) is 0 Å². The van der Waals surface area contributed by atoms with E-state index >= 15 is 0 Å². The maximum absolute atomic E-state index is 13.0. The van der Waals surface area contributed by atoms with Crippen LogP contribution in [0.4, 0.5) is 5.69 Å². The van der Waals surface area contributed by atoms with Crippen molar-refractivity contribution < 1.29 is 19.1 Å². The van der Waals surface area contributed by atoms with Crippen LogP contribution in [0.5, 0.6) is 0 Å². The summed E-state index contributed by atoms with van der Waals surface area (Å²) in [6.07, 6.45) is 4.37. The standard InChI is InChI=1S/C25H28N4O4S/c1-16-5-6-17(2)20(12-16)27-8-10-28(11-9-27)23(30)4-3-7-29-24(31)18-13-21-22(33-15-32-21)14-19(18)26-25(29)34/h5-6,12-14,18H,3-4,7-11,15H2,1-2H3. The summed E-state index contributed by atoms with van der Waals surface area (Å²) in [5.74, 6) is 0.607. The second kappa shape index (κ2) is 9.21. The van der Waals surface area contributed by atoms with E-state index in [1.807, 2.05) is 4.90 Å². The first-order chi connectivity index (χ1) is 16.4. The van der Waals surface area contributed by atoms with Crippen LogP contribution < -0.4 is 4.90 Å². The summed E-state index contributed by atoms with van der Waals surface area (Å²) >= 11 is 5.37. The molecule has 1 atom stereocenters. The van der Waals surface area contributed by atoms with Crippen molar-refractivity contribution in [1.29, 1.82) is 0 Å². The molecule has 5 rings (SSSR count). The summed E-state index contributed by atoms with van der Waals surface area (Å²) < 4.78 is 10.8. The van der Waals surface area contributed by atoms with Crippen molar-refractivity contribution in [2.75, 3.05) is 44.4 Å². The number of nitrogens with zero attached hydrogens (tertiary/aromatic N) is 4. The highest BCUT2D eigenvalue weighted by Crippen LogP contribution is 2.31. The summed E-state index contributed by atoms with van der Waals surface area (Å²) in [5.41, 5.74) is 4.32. The third-order valence-corrected chi connectivity index (χ3v) is 7.00. The number of allylic oxidation sites excluding steroid dienone is 1. The van der Waals surface area contributed by atoms with Crippen LogP contribution in [0.2, 0.25) is 0 Å². The first-order valence-corrected chi connectivity index (χ1v) is 12.0. The Bertz CT molecular complexity index is 1130. The molecule has 1 aliphatic carbocycles. The quantitative estimate of drug-likeness (QED) is 0.604. The predicted molar refractivity (Wildman–Crippen MR) is 132 cm³/mol. The summed E-state index contributed by atoms with van der Waals surface area (Å²) in [4.78, 5) is 36.1. The van der Waals surface area contributed by atoms with Crippen LogP contribution in [0.25, 0.3) is 0 Å². The molecule has 1 aromatic carbocycles. The number of carbonyl (C=O) groups excluding carboxylic acids is 2. The highest BCUT2D eigenvalue weighted by atomic mass is 32.1. The zero-order valence-electron chi connectivity index (χ0n) is 19.5. The summed E-state index contributed by atoms with van der Waals surface area (Å²) in [7, 11) is 0. The first-order valence-electron chi connectivity index (χ1n) is 11.6. The van der Waals surface area contributed by atoms with Crippen LogP contribution >= 0.6 is 12.2 Å². The maximum atomic E-state index is 13.0. The van der Waals surface area contributed by atoms with Gasteiger partial charge in [-0.2, -0.15) is 0 Å². The smallest absolute Gasteiger partial charge is 0.241 e. The van der Waals surface area contributed by atoms with Crippen molar-refractivity contribution in [2.45, 2.75) is 26.7 Å². The molecule has 0 aromatic heterocycles. The molecule has 2 saturated heterocycles. The number of hydrogen-bond acceptors (Lipinski definition) is 6. The van der Waals surface area contributed by atoms with Crippen molar-refractivity contribution >= 4 is 40.5 Å². The number of hydrogen-bond donors (Lipinski definition) is 0. The normalized spacial score (nSPS) is 21.8. The minimum absolute atomic E-state index is 0.115. The summed E-state index contributed by atoms with van der Waals surface area (Å²) in [6.45, 7) is 7.78. The van der Waals surface area contributed by atoms with E-state index in [0.29, 0.717) is 49.7 Å². The number of anilines is 1. The molecule has 8 nitrogen and oxygen atoms in total. The van der Waals surface area contributed by atoms with E-state index in [1.165, 1.54) is 21.7 Å². The molecule has 0 spiro atoms. The SMILES string of the molecule is Cc1ccc(C)c(N2CCN(C(=O)CCCN3C(=O)C4C=C5OCOC5=CC4=NC3=S)CC2)c1. The monoisotopic (exact) mass is 480 g/mol. The highest BCUT2D eigenvalue weighted by molar-refractivity contribution is 7.80. The van der Waals surface area contributed by atoms with Crippen LogP contribution in [-0.2, 0) is 19.1 Å². The van der Waals surface area contributed by atoms with Crippen LogP contribution in [0.15, 0.2) is 46.9 Å². The zero-order valence-corrected chi connectivity index (χ0v) is 20.3. The number of benzene rings is 1. The lowest BCUT2D eigenvalue weighted by atomic mass is 9.94. The van der Waals surface area contributed by atoms with E-state index in [2.05, 4.69) is 41.9 Å². The van der Waals surface area contributed by atoms with Gasteiger partial charge in [0, 0.05) is 50.9 Å². The highest BCUT2D eigenvalue weighted by Gasteiger charge is 2.38. The Labute approximate surface area is 204 Å². The fourth-order valence-electron chi connectivity index (χ4n) is 4.74.